The number of thioether (sulfide) groups is 1. The number of carbonyl (C=O) groups excluding carboxylic acids is 2. The van der Waals surface area contributed by atoms with Gasteiger partial charge in [-0.2, -0.15) is 0 Å². The number of imide groups is 1. The van der Waals surface area contributed by atoms with Crippen LogP contribution < -0.4 is 4.90 Å². The summed E-state index contributed by atoms with van der Waals surface area (Å²) in [6.07, 6.45) is 0.0530. The number of rotatable bonds is 4. The molecule has 0 N–H and O–H groups in total. The quantitative estimate of drug-likeness (QED) is 0.264. The molecule has 1 fully saturated rings. The molecule has 3 aromatic carbocycles. The number of amides is 2. The highest BCUT2D eigenvalue weighted by Gasteiger charge is 2.41. The van der Waals surface area contributed by atoms with Crippen molar-refractivity contribution in [2.75, 3.05) is 4.90 Å². The van der Waals surface area contributed by atoms with Crippen LogP contribution in [0.3, 0.4) is 0 Å². The third kappa shape index (κ3) is 3.86. The summed E-state index contributed by atoms with van der Waals surface area (Å²) < 4.78 is 0. The van der Waals surface area contributed by atoms with Crippen molar-refractivity contribution in [2.45, 2.75) is 16.8 Å². The molecule has 5 nitrogen and oxygen atoms in total. The first-order chi connectivity index (χ1) is 15.5. The van der Waals surface area contributed by atoms with Crippen molar-refractivity contribution in [1.29, 1.82) is 0 Å². The first-order valence-electron chi connectivity index (χ1n) is 9.82. The van der Waals surface area contributed by atoms with Gasteiger partial charge in [-0.05, 0) is 30.3 Å². The normalized spacial score (nSPS) is 16.2. The Morgan fingerprint density at radius 1 is 0.906 bits per heavy atom. The van der Waals surface area contributed by atoms with E-state index in [1.807, 2.05) is 42.5 Å². The lowest BCUT2D eigenvalue weighted by molar-refractivity contribution is -0.121. The summed E-state index contributed by atoms with van der Waals surface area (Å²) in [5.74, 6) is -0.620. The zero-order valence-electron chi connectivity index (χ0n) is 16.5. The second kappa shape index (κ2) is 8.54. The van der Waals surface area contributed by atoms with Crippen molar-refractivity contribution in [1.82, 2.24) is 9.97 Å². The lowest BCUT2D eigenvalue weighted by Crippen LogP contribution is -2.31. The number of fused-ring (bicyclic) bond motifs is 1. The number of carbonyl (C=O) groups is 2. The first-order valence-corrected chi connectivity index (χ1v) is 11.5. The van der Waals surface area contributed by atoms with E-state index >= 15 is 0 Å². The van der Waals surface area contributed by atoms with E-state index in [1.54, 1.807) is 30.3 Å². The van der Waals surface area contributed by atoms with E-state index in [9.17, 15) is 9.59 Å². The van der Waals surface area contributed by atoms with E-state index in [-0.39, 0.29) is 18.2 Å². The maximum absolute atomic E-state index is 13.1. The van der Waals surface area contributed by atoms with Gasteiger partial charge < -0.3 is 0 Å². The Hall–Kier alpha value is -2.93. The molecule has 0 spiro atoms. The third-order valence-electron chi connectivity index (χ3n) is 5.13. The molecular weight excluding hydrogens is 465 g/mol. The molecule has 2 amide bonds. The van der Waals surface area contributed by atoms with Crippen LogP contribution in [-0.2, 0) is 9.59 Å². The van der Waals surface area contributed by atoms with Gasteiger partial charge in [0.2, 0.25) is 11.8 Å². The average Bonchev–Trinajstić information content (AvgIpc) is 3.07. The third-order valence-corrected chi connectivity index (χ3v) is 6.73. The number of para-hydroxylation sites is 1. The van der Waals surface area contributed by atoms with Gasteiger partial charge in [-0.25, -0.2) is 14.9 Å². The molecule has 1 aliphatic heterocycles. The molecule has 0 bridgehead atoms. The second-order valence-corrected chi connectivity index (χ2v) is 9.23. The van der Waals surface area contributed by atoms with Crippen LogP contribution in [0.4, 0.5) is 5.69 Å². The fourth-order valence-electron chi connectivity index (χ4n) is 3.66. The molecule has 5 rings (SSSR count). The van der Waals surface area contributed by atoms with Crippen LogP contribution in [0.2, 0.25) is 10.0 Å². The SMILES string of the molecule is O=C1C[C@@H](Sc2nc(-c3ccccc3)c3cc(Cl)ccc3n2)C(=O)N1c1ccccc1Cl. The van der Waals surface area contributed by atoms with E-state index in [1.165, 1.54) is 11.8 Å². The minimum absolute atomic E-state index is 0.0530. The van der Waals surface area contributed by atoms with Crippen molar-refractivity contribution in [3.63, 3.8) is 0 Å². The molecule has 1 atom stereocenters. The van der Waals surface area contributed by atoms with E-state index in [0.717, 1.165) is 21.5 Å². The highest BCUT2D eigenvalue weighted by molar-refractivity contribution is 8.00. The lowest BCUT2D eigenvalue weighted by Gasteiger charge is -2.16. The van der Waals surface area contributed by atoms with E-state index < -0.39 is 5.25 Å². The van der Waals surface area contributed by atoms with Crippen molar-refractivity contribution in [3.05, 3.63) is 82.8 Å². The molecule has 32 heavy (non-hydrogen) atoms. The number of hydrogen-bond donors (Lipinski definition) is 0. The predicted octanol–water partition coefficient (Wildman–Crippen LogP) is 6.03. The minimum Gasteiger partial charge on any atom is -0.274 e. The Bertz CT molecular complexity index is 1360. The zero-order chi connectivity index (χ0) is 22.2. The van der Waals surface area contributed by atoms with Crippen LogP contribution in [-0.4, -0.2) is 27.0 Å². The van der Waals surface area contributed by atoms with Crippen LogP contribution >= 0.6 is 35.0 Å². The van der Waals surface area contributed by atoms with E-state index in [0.29, 0.717) is 26.4 Å². The maximum atomic E-state index is 13.1. The second-order valence-electron chi connectivity index (χ2n) is 7.21. The van der Waals surface area contributed by atoms with Gasteiger partial charge >= 0.3 is 0 Å². The Labute approximate surface area is 198 Å². The molecule has 0 unspecified atom stereocenters. The predicted molar refractivity (Wildman–Crippen MR) is 128 cm³/mol. The van der Waals surface area contributed by atoms with E-state index in [4.69, 9.17) is 28.2 Å². The van der Waals surface area contributed by atoms with Crippen LogP contribution in [0.5, 0.6) is 0 Å². The fraction of sp³-hybridized carbons (Fsp3) is 0.0833. The summed E-state index contributed by atoms with van der Waals surface area (Å²) in [6, 6.07) is 21.9. The standard InChI is InChI=1S/C24H15Cl2N3O2S/c25-15-10-11-18-16(12-15)22(14-6-2-1-3-7-14)28-24(27-18)32-20-13-21(30)29(23(20)31)19-9-5-4-8-17(19)26/h1-12,20H,13H2/t20-/m1/s1. The maximum Gasteiger partial charge on any atom is 0.247 e. The molecule has 8 heteroatoms. The Balaban J connectivity index is 1.52. The van der Waals surface area contributed by atoms with Gasteiger partial charge in [0.05, 0.1) is 21.9 Å². The number of hydrogen-bond acceptors (Lipinski definition) is 5. The molecule has 1 saturated heterocycles. The summed E-state index contributed by atoms with van der Waals surface area (Å²) in [6.45, 7) is 0. The fourth-order valence-corrected chi connectivity index (χ4v) is 5.03. The van der Waals surface area contributed by atoms with Crippen LogP contribution in [0.25, 0.3) is 22.2 Å². The molecule has 0 saturated carbocycles. The van der Waals surface area contributed by atoms with Crippen molar-refractivity contribution < 1.29 is 9.59 Å². The van der Waals surface area contributed by atoms with Gasteiger partial charge in [-0.1, -0.05) is 77.4 Å². The molecule has 1 aliphatic rings. The molecule has 0 radical (unpaired) electrons. The van der Waals surface area contributed by atoms with Crippen LogP contribution in [0.1, 0.15) is 6.42 Å². The lowest BCUT2D eigenvalue weighted by atomic mass is 10.1. The number of halogens is 2. The Kier molecular flexibility index (Phi) is 5.59. The molecule has 158 valence electrons. The average molecular weight is 480 g/mol. The zero-order valence-corrected chi connectivity index (χ0v) is 18.9. The van der Waals surface area contributed by atoms with Gasteiger partial charge in [-0.15, -0.1) is 0 Å². The van der Waals surface area contributed by atoms with Crippen molar-refractivity contribution in [3.8, 4) is 11.3 Å². The van der Waals surface area contributed by atoms with Gasteiger partial charge in [0, 0.05) is 22.4 Å². The summed E-state index contributed by atoms with van der Waals surface area (Å²) >= 11 is 13.6. The summed E-state index contributed by atoms with van der Waals surface area (Å²) in [5, 5.41) is 1.55. The topological polar surface area (TPSA) is 63.2 Å². The summed E-state index contributed by atoms with van der Waals surface area (Å²) in [5.41, 5.74) is 2.74. The van der Waals surface area contributed by atoms with Gasteiger partial charge in [0.15, 0.2) is 5.16 Å². The smallest absolute Gasteiger partial charge is 0.247 e. The minimum atomic E-state index is -0.632. The molecule has 4 aromatic rings. The molecule has 2 heterocycles. The highest BCUT2D eigenvalue weighted by atomic mass is 35.5. The van der Waals surface area contributed by atoms with Crippen molar-refractivity contribution >= 4 is 63.4 Å². The molecule has 1 aromatic heterocycles. The van der Waals surface area contributed by atoms with Crippen LogP contribution in [0.15, 0.2) is 78.0 Å². The first kappa shape index (κ1) is 20.9. The number of benzene rings is 3. The largest absolute Gasteiger partial charge is 0.274 e. The monoisotopic (exact) mass is 479 g/mol. The molecule has 0 aliphatic carbocycles. The van der Waals surface area contributed by atoms with Gasteiger partial charge in [-0.3, -0.25) is 9.59 Å². The van der Waals surface area contributed by atoms with Crippen LogP contribution in [0, 0.1) is 0 Å². The summed E-state index contributed by atoms with van der Waals surface area (Å²) in [7, 11) is 0. The van der Waals surface area contributed by atoms with E-state index in [2.05, 4.69) is 4.98 Å². The number of aromatic nitrogens is 2. The summed E-state index contributed by atoms with van der Waals surface area (Å²) in [4.78, 5) is 36.3. The number of nitrogens with zero attached hydrogens (tertiary/aromatic N) is 3. The van der Waals surface area contributed by atoms with Gasteiger partial charge in [0.25, 0.3) is 0 Å². The molecular formula is C24H15Cl2N3O2S. The Morgan fingerprint density at radius 3 is 2.44 bits per heavy atom. The van der Waals surface area contributed by atoms with Gasteiger partial charge in [0.1, 0.15) is 5.25 Å². The number of anilines is 1. The Morgan fingerprint density at radius 2 is 1.66 bits per heavy atom. The highest BCUT2D eigenvalue weighted by Crippen LogP contribution is 2.37. The van der Waals surface area contributed by atoms with Crippen molar-refractivity contribution in [2.24, 2.45) is 0 Å².